The third kappa shape index (κ3) is 2.09. The molecule has 1 fully saturated rings. The number of nitrogens with zero attached hydrogens (tertiary/aromatic N) is 1. The molecule has 102 valence electrons. The monoisotopic (exact) mass is 294 g/mol. The van der Waals surface area contributed by atoms with Crippen LogP contribution in [0.25, 0.3) is 10.2 Å². The lowest BCUT2D eigenvalue weighted by atomic mass is 9.73. The van der Waals surface area contributed by atoms with Gasteiger partial charge in [-0.1, -0.05) is 26.7 Å². The minimum absolute atomic E-state index is 0.0775. The molecular formula is C14H18N2OS2. The molecule has 0 bridgehead atoms. The predicted molar refractivity (Wildman–Crippen MR) is 82.6 cm³/mol. The molecule has 0 amide bonds. The van der Waals surface area contributed by atoms with Crippen molar-refractivity contribution in [3.63, 3.8) is 0 Å². The van der Waals surface area contributed by atoms with Crippen molar-refractivity contribution in [1.82, 2.24) is 9.55 Å². The van der Waals surface area contributed by atoms with Crippen molar-refractivity contribution in [2.75, 3.05) is 0 Å². The highest BCUT2D eigenvalue weighted by Crippen LogP contribution is 2.43. The van der Waals surface area contributed by atoms with Crippen LogP contribution in [0.4, 0.5) is 0 Å². The lowest BCUT2D eigenvalue weighted by Gasteiger charge is -2.39. The van der Waals surface area contributed by atoms with Gasteiger partial charge in [-0.2, -0.15) is 0 Å². The summed E-state index contributed by atoms with van der Waals surface area (Å²) < 4.78 is 3.18. The molecule has 19 heavy (non-hydrogen) atoms. The largest absolute Gasteiger partial charge is 0.331 e. The summed E-state index contributed by atoms with van der Waals surface area (Å²) in [6.45, 7) is 4.49. The zero-order chi connectivity index (χ0) is 13.6. The van der Waals surface area contributed by atoms with Crippen molar-refractivity contribution >= 4 is 33.8 Å². The number of aromatic amines is 1. The number of thiophene rings is 1. The van der Waals surface area contributed by atoms with Crippen LogP contribution in [0.3, 0.4) is 0 Å². The Morgan fingerprint density at radius 2 is 2.26 bits per heavy atom. The van der Waals surface area contributed by atoms with E-state index in [1.165, 1.54) is 24.2 Å². The van der Waals surface area contributed by atoms with Gasteiger partial charge in [-0.15, -0.1) is 11.3 Å². The smallest absolute Gasteiger partial charge is 0.272 e. The van der Waals surface area contributed by atoms with Crippen LogP contribution < -0.4 is 5.56 Å². The van der Waals surface area contributed by atoms with E-state index in [1.54, 1.807) is 0 Å². The Kier molecular flexibility index (Phi) is 3.14. The molecule has 2 aromatic rings. The molecule has 1 unspecified atom stereocenters. The SMILES string of the molecule is CC1(C)CCCCC1n1c(=S)[nH]c2ccsc2c1=O. The Labute approximate surface area is 121 Å². The summed E-state index contributed by atoms with van der Waals surface area (Å²) in [4.78, 5) is 15.9. The number of rotatable bonds is 1. The van der Waals surface area contributed by atoms with Gasteiger partial charge in [0.15, 0.2) is 4.77 Å². The van der Waals surface area contributed by atoms with E-state index in [4.69, 9.17) is 12.2 Å². The molecule has 0 spiro atoms. The standard InChI is InChI=1S/C14H18N2OS2/c1-14(2)7-4-3-5-10(14)16-12(17)11-9(6-8-19-11)15-13(16)18/h6,8,10H,3-5,7H2,1-2H3,(H,15,18). The maximum absolute atomic E-state index is 12.7. The van der Waals surface area contributed by atoms with Gasteiger partial charge in [-0.3, -0.25) is 9.36 Å². The van der Waals surface area contributed by atoms with Crippen molar-refractivity contribution in [2.45, 2.75) is 45.6 Å². The first kappa shape index (κ1) is 13.1. The number of fused-ring (bicyclic) bond motifs is 1. The molecule has 1 saturated carbocycles. The topological polar surface area (TPSA) is 37.8 Å². The van der Waals surface area contributed by atoms with Crippen LogP contribution in [0.1, 0.15) is 45.6 Å². The summed E-state index contributed by atoms with van der Waals surface area (Å²) in [5.74, 6) is 0. The average molecular weight is 294 g/mol. The zero-order valence-corrected chi connectivity index (χ0v) is 12.9. The van der Waals surface area contributed by atoms with Crippen molar-refractivity contribution < 1.29 is 0 Å². The zero-order valence-electron chi connectivity index (χ0n) is 11.2. The van der Waals surface area contributed by atoms with Crippen LogP contribution in [-0.4, -0.2) is 9.55 Å². The highest BCUT2D eigenvalue weighted by atomic mass is 32.1. The first-order valence-corrected chi connectivity index (χ1v) is 8.01. The Bertz CT molecular complexity index is 723. The number of nitrogens with one attached hydrogen (secondary N) is 1. The van der Waals surface area contributed by atoms with E-state index in [2.05, 4.69) is 18.8 Å². The van der Waals surface area contributed by atoms with Gasteiger partial charge < -0.3 is 4.98 Å². The van der Waals surface area contributed by atoms with Crippen LogP contribution in [0.15, 0.2) is 16.2 Å². The first-order valence-electron chi connectivity index (χ1n) is 6.73. The maximum Gasteiger partial charge on any atom is 0.272 e. The first-order chi connectivity index (χ1) is 9.00. The third-order valence-electron chi connectivity index (χ3n) is 4.30. The molecule has 0 aromatic carbocycles. The molecule has 0 radical (unpaired) electrons. The van der Waals surface area contributed by atoms with Crippen LogP contribution >= 0.6 is 23.6 Å². The van der Waals surface area contributed by atoms with Crippen molar-refractivity contribution in [2.24, 2.45) is 5.41 Å². The molecule has 3 nitrogen and oxygen atoms in total. The van der Waals surface area contributed by atoms with E-state index in [0.717, 1.165) is 23.1 Å². The van der Waals surface area contributed by atoms with Gasteiger partial charge >= 0.3 is 0 Å². The van der Waals surface area contributed by atoms with Crippen molar-refractivity contribution in [3.05, 3.63) is 26.6 Å². The fourth-order valence-electron chi connectivity index (χ4n) is 3.19. The molecule has 1 N–H and O–H groups in total. The number of H-pyrrole nitrogens is 1. The quantitative estimate of drug-likeness (QED) is 0.798. The summed E-state index contributed by atoms with van der Waals surface area (Å²) in [5, 5.41) is 1.94. The van der Waals surface area contributed by atoms with E-state index in [-0.39, 0.29) is 17.0 Å². The molecular weight excluding hydrogens is 276 g/mol. The number of hydrogen-bond donors (Lipinski definition) is 1. The summed E-state index contributed by atoms with van der Waals surface area (Å²) in [7, 11) is 0. The molecule has 1 aliphatic carbocycles. The van der Waals surface area contributed by atoms with Gasteiger partial charge in [-0.05, 0) is 41.9 Å². The van der Waals surface area contributed by atoms with Gasteiger partial charge in [0.1, 0.15) is 4.70 Å². The van der Waals surface area contributed by atoms with E-state index in [1.807, 2.05) is 16.0 Å². The predicted octanol–water partition coefficient (Wildman–Crippen LogP) is 4.26. The fourth-order valence-corrected chi connectivity index (χ4v) is 4.29. The Hall–Kier alpha value is -0.940. The lowest BCUT2D eigenvalue weighted by Crippen LogP contribution is -2.37. The molecule has 1 atom stereocenters. The van der Waals surface area contributed by atoms with E-state index >= 15 is 0 Å². The number of aromatic nitrogens is 2. The van der Waals surface area contributed by atoms with Crippen LogP contribution in [0.2, 0.25) is 0 Å². The van der Waals surface area contributed by atoms with Crippen molar-refractivity contribution in [3.8, 4) is 0 Å². The van der Waals surface area contributed by atoms with Crippen LogP contribution in [-0.2, 0) is 0 Å². The maximum atomic E-state index is 12.7. The molecule has 2 heterocycles. The van der Waals surface area contributed by atoms with Crippen LogP contribution in [0, 0.1) is 10.2 Å². The van der Waals surface area contributed by atoms with Gasteiger partial charge in [0.2, 0.25) is 0 Å². The Balaban J connectivity index is 2.24. The van der Waals surface area contributed by atoms with E-state index < -0.39 is 0 Å². The molecule has 0 aliphatic heterocycles. The third-order valence-corrected chi connectivity index (χ3v) is 5.50. The normalized spacial score (nSPS) is 22.7. The molecule has 1 aliphatic rings. The highest BCUT2D eigenvalue weighted by molar-refractivity contribution is 7.71. The summed E-state index contributed by atoms with van der Waals surface area (Å²) in [6, 6.07) is 2.14. The fraction of sp³-hybridized carbons (Fsp3) is 0.571. The minimum Gasteiger partial charge on any atom is -0.331 e. The highest BCUT2D eigenvalue weighted by Gasteiger charge is 2.34. The van der Waals surface area contributed by atoms with E-state index in [0.29, 0.717) is 4.77 Å². The van der Waals surface area contributed by atoms with Gasteiger partial charge in [0, 0.05) is 6.04 Å². The Morgan fingerprint density at radius 1 is 1.47 bits per heavy atom. The van der Waals surface area contributed by atoms with Crippen LogP contribution in [0.5, 0.6) is 0 Å². The summed E-state index contributed by atoms with van der Waals surface area (Å²) in [5.41, 5.74) is 1.08. The van der Waals surface area contributed by atoms with Crippen molar-refractivity contribution in [1.29, 1.82) is 0 Å². The molecule has 0 saturated heterocycles. The summed E-state index contributed by atoms with van der Waals surface area (Å²) >= 11 is 6.92. The van der Waals surface area contributed by atoms with Gasteiger partial charge in [0.05, 0.1) is 5.52 Å². The minimum atomic E-state index is 0.0775. The second kappa shape index (κ2) is 4.56. The molecule has 3 rings (SSSR count). The summed E-state index contributed by atoms with van der Waals surface area (Å²) in [6.07, 6.45) is 4.62. The number of hydrogen-bond acceptors (Lipinski definition) is 3. The second-order valence-electron chi connectivity index (χ2n) is 6.02. The Morgan fingerprint density at radius 3 is 3.00 bits per heavy atom. The second-order valence-corrected chi connectivity index (χ2v) is 7.32. The lowest BCUT2D eigenvalue weighted by molar-refractivity contribution is 0.139. The van der Waals surface area contributed by atoms with Gasteiger partial charge in [-0.25, -0.2) is 0 Å². The van der Waals surface area contributed by atoms with Gasteiger partial charge in [0.25, 0.3) is 5.56 Å². The van der Waals surface area contributed by atoms with E-state index in [9.17, 15) is 4.79 Å². The average Bonchev–Trinajstić information content (AvgIpc) is 2.79. The molecule has 2 aromatic heterocycles. The molecule has 5 heteroatoms.